The molecule has 2 aromatic carbocycles. The minimum Gasteiger partial charge on any atom is -0.484 e. The predicted molar refractivity (Wildman–Crippen MR) is 110 cm³/mol. The van der Waals surface area contributed by atoms with Crippen LogP contribution in [0.4, 0.5) is 4.39 Å². The third-order valence-electron chi connectivity index (χ3n) is 4.48. The number of ether oxygens (including phenoxy) is 1. The minimum atomic E-state index is -0.769. The van der Waals surface area contributed by atoms with Gasteiger partial charge in [-0.1, -0.05) is 34.1 Å². The Balaban J connectivity index is 2.19. The molecule has 2 amide bonds. The molecule has 0 saturated carbocycles. The van der Waals surface area contributed by atoms with Crippen molar-refractivity contribution in [2.75, 3.05) is 13.7 Å². The quantitative estimate of drug-likeness (QED) is 0.698. The van der Waals surface area contributed by atoms with Gasteiger partial charge in [0.2, 0.25) is 5.91 Å². The van der Waals surface area contributed by atoms with Crippen molar-refractivity contribution in [3.63, 3.8) is 0 Å². The summed E-state index contributed by atoms with van der Waals surface area (Å²) in [4.78, 5) is 26.2. The van der Waals surface area contributed by atoms with Gasteiger partial charge in [0.15, 0.2) is 6.61 Å². The highest BCUT2D eigenvalue weighted by Crippen LogP contribution is 2.26. The van der Waals surface area contributed by atoms with E-state index < -0.39 is 17.8 Å². The van der Waals surface area contributed by atoms with Crippen LogP contribution in [0.1, 0.15) is 23.6 Å². The highest BCUT2D eigenvalue weighted by molar-refractivity contribution is 9.10. The number of carbonyl (C=O) groups excluding carboxylic acids is 2. The number of hydrogen-bond donors (Lipinski definition) is 1. The Labute approximate surface area is 173 Å². The van der Waals surface area contributed by atoms with Crippen LogP contribution >= 0.6 is 15.9 Å². The van der Waals surface area contributed by atoms with Gasteiger partial charge in [-0.2, -0.15) is 0 Å². The van der Waals surface area contributed by atoms with Crippen molar-refractivity contribution in [3.05, 3.63) is 63.4 Å². The molecule has 0 aliphatic rings. The fourth-order valence-corrected chi connectivity index (χ4v) is 3.05. The molecule has 0 heterocycles. The number of halogens is 2. The Hall–Kier alpha value is -2.41. The topological polar surface area (TPSA) is 58.6 Å². The maximum atomic E-state index is 14.1. The number of likely N-dealkylation sites (N-methyl/N-ethyl adjacent to an activating group) is 1. The summed E-state index contributed by atoms with van der Waals surface area (Å²) in [5, 5.41) is 2.52. The molecule has 0 saturated heterocycles. The van der Waals surface area contributed by atoms with Gasteiger partial charge in [-0.3, -0.25) is 9.59 Å². The number of nitrogens with zero attached hydrogens (tertiary/aromatic N) is 1. The lowest BCUT2D eigenvalue weighted by molar-refractivity contribution is -0.142. The summed E-state index contributed by atoms with van der Waals surface area (Å²) in [6.45, 7) is 5.19. The van der Waals surface area contributed by atoms with E-state index in [9.17, 15) is 14.0 Å². The summed E-state index contributed by atoms with van der Waals surface area (Å²) in [6.07, 6.45) is 0. The monoisotopic (exact) mass is 450 g/mol. The van der Waals surface area contributed by atoms with Crippen LogP contribution in [0.25, 0.3) is 0 Å². The molecule has 1 atom stereocenters. The third kappa shape index (κ3) is 5.32. The highest BCUT2D eigenvalue weighted by Gasteiger charge is 2.26. The number of amides is 2. The zero-order valence-electron chi connectivity index (χ0n) is 16.4. The van der Waals surface area contributed by atoms with Gasteiger partial charge in [0.25, 0.3) is 5.91 Å². The van der Waals surface area contributed by atoms with Gasteiger partial charge in [-0.05, 0) is 50.1 Å². The predicted octanol–water partition coefficient (Wildman–Crippen LogP) is 3.75. The van der Waals surface area contributed by atoms with E-state index in [1.165, 1.54) is 18.0 Å². The van der Waals surface area contributed by atoms with Gasteiger partial charge in [-0.25, -0.2) is 4.39 Å². The average Bonchev–Trinajstić information content (AvgIpc) is 2.68. The molecule has 150 valence electrons. The van der Waals surface area contributed by atoms with Gasteiger partial charge in [0.05, 0.1) is 0 Å². The molecule has 2 aromatic rings. The average molecular weight is 451 g/mol. The van der Waals surface area contributed by atoms with E-state index in [1.807, 2.05) is 26.0 Å². The first-order valence-corrected chi connectivity index (χ1v) is 9.68. The largest absolute Gasteiger partial charge is 0.484 e. The normalized spacial score (nSPS) is 11.6. The first-order chi connectivity index (χ1) is 13.2. The summed E-state index contributed by atoms with van der Waals surface area (Å²) in [5.74, 6) is -0.605. The molecule has 1 N–H and O–H groups in total. The van der Waals surface area contributed by atoms with E-state index in [0.29, 0.717) is 11.3 Å². The van der Waals surface area contributed by atoms with E-state index in [0.717, 1.165) is 15.6 Å². The van der Waals surface area contributed by atoms with Crippen LogP contribution in [0.3, 0.4) is 0 Å². The molecule has 0 aliphatic heterocycles. The summed E-state index contributed by atoms with van der Waals surface area (Å²) < 4.78 is 20.7. The molecular formula is C21H24BrFN2O3. The summed E-state index contributed by atoms with van der Waals surface area (Å²) in [7, 11) is 1.49. The Morgan fingerprint density at radius 2 is 1.82 bits per heavy atom. The Kier molecular flexibility index (Phi) is 7.57. The number of rotatable bonds is 7. The van der Waals surface area contributed by atoms with Gasteiger partial charge < -0.3 is 15.0 Å². The number of hydrogen-bond acceptors (Lipinski definition) is 3. The van der Waals surface area contributed by atoms with E-state index in [4.69, 9.17) is 4.74 Å². The Bertz CT molecular complexity index is 849. The lowest BCUT2D eigenvalue weighted by Gasteiger charge is -2.28. The number of carbonyl (C=O) groups is 2. The third-order valence-corrected chi connectivity index (χ3v) is 5.74. The van der Waals surface area contributed by atoms with Crippen LogP contribution in [0.15, 0.2) is 40.9 Å². The van der Waals surface area contributed by atoms with Crippen molar-refractivity contribution in [2.24, 2.45) is 0 Å². The van der Waals surface area contributed by atoms with Crippen LogP contribution < -0.4 is 10.1 Å². The maximum absolute atomic E-state index is 14.1. The lowest BCUT2D eigenvalue weighted by atomic mass is 10.1. The lowest BCUT2D eigenvalue weighted by Crippen LogP contribution is -2.48. The van der Waals surface area contributed by atoms with Crippen LogP contribution in [-0.4, -0.2) is 36.4 Å². The van der Waals surface area contributed by atoms with E-state index in [1.54, 1.807) is 25.1 Å². The van der Waals surface area contributed by atoms with Gasteiger partial charge >= 0.3 is 0 Å². The summed E-state index contributed by atoms with van der Waals surface area (Å²) in [6, 6.07) is 9.07. The van der Waals surface area contributed by atoms with Gasteiger partial charge in [-0.15, -0.1) is 0 Å². The molecule has 0 aromatic heterocycles. The standard InChI is InChI=1S/C21H24BrFN2O3/c1-13-9-17(10-14(2)20(13)22)28-12-19(26)25(15(3)21(27)24-4)11-16-7-5-6-8-18(16)23/h5-10,15H,11-12H2,1-4H3,(H,24,27). The fraction of sp³-hybridized carbons (Fsp3) is 0.333. The van der Waals surface area contributed by atoms with E-state index in [2.05, 4.69) is 21.2 Å². The zero-order chi connectivity index (χ0) is 20.8. The molecule has 0 aliphatic carbocycles. The molecule has 0 spiro atoms. The van der Waals surface area contributed by atoms with Crippen LogP contribution in [-0.2, 0) is 16.1 Å². The molecule has 0 radical (unpaired) electrons. The zero-order valence-corrected chi connectivity index (χ0v) is 18.0. The molecule has 0 bridgehead atoms. The second-order valence-electron chi connectivity index (χ2n) is 6.56. The summed E-state index contributed by atoms with van der Waals surface area (Å²) >= 11 is 3.49. The molecule has 28 heavy (non-hydrogen) atoms. The highest BCUT2D eigenvalue weighted by atomic mass is 79.9. The second-order valence-corrected chi connectivity index (χ2v) is 7.36. The molecular weight excluding hydrogens is 427 g/mol. The molecule has 0 fully saturated rings. The first kappa shape index (κ1) is 21.9. The Morgan fingerprint density at radius 3 is 2.39 bits per heavy atom. The second kappa shape index (κ2) is 9.68. The van der Waals surface area contributed by atoms with Crippen molar-refractivity contribution < 1.29 is 18.7 Å². The van der Waals surface area contributed by atoms with Crippen LogP contribution in [0.5, 0.6) is 5.75 Å². The Morgan fingerprint density at radius 1 is 1.21 bits per heavy atom. The maximum Gasteiger partial charge on any atom is 0.261 e. The summed E-state index contributed by atoms with van der Waals surface area (Å²) in [5.41, 5.74) is 2.32. The first-order valence-electron chi connectivity index (χ1n) is 8.88. The van der Waals surface area contributed by atoms with E-state index >= 15 is 0 Å². The molecule has 7 heteroatoms. The van der Waals surface area contributed by atoms with Crippen LogP contribution in [0, 0.1) is 19.7 Å². The van der Waals surface area contributed by atoms with Crippen molar-refractivity contribution >= 4 is 27.7 Å². The fourth-order valence-electron chi connectivity index (χ4n) is 2.82. The van der Waals surface area contributed by atoms with Crippen LogP contribution in [0.2, 0.25) is 0 Å². The molecule has 1 unspecified atom stereocenters. The number of benzene rings is 2. The van der Waals surface area contributed by atoms with Crippen molar-refractivity contribution in [2.45, 2.75) is 33.4 Å². The van der Waals surface area contributed by atoms with E-state index in [-0.39, 0.29) is 19.1 Å². The van der Waals surface area contributed by atoms with Gasteiger partial charge in [0, 0.05) is 23.6 Å². The smallest absolute Gasteiger partial charge is 0.261 e. The molecule has 5 nitrogen and oxygen atoms in total. The van der Waals surface area contributed by atoms with Crippen molar-refractivity contribution in [3.8, 4) is 5.75 Å². The van der Waals surface area contributed by atoms with Crippen molar-refractivity contribution in [1.82, 2.24) is 10.2 Å². The minimum absolute atomic E-state index is 0.0259. The van der Waals surface area contributed by atoms with Crippen molar-refractivity contribution in [1.29, 1.82) is 0 Å². The number of aryl methyl sites for hydroxylation is 2. The SMILES string of the molecule is CNC(=O)C(C)N(Cc1ccccc1F)C(=O)COc1cc(C)c(Br)c(C)c1. The molecule has 2 rings (SSSR count). The van der Waals surface area contributed by atoms with Gasteiger partial charge in [0.1, 0.15) is 17.6 Å². The number of nitrogens with one attached hydrogen (secondary N) is 1.